The Morgan fingerprint density at radius 2 is 2.00 bits per heavy atom. The summed E-state index contributed by atoms with van der Waals surface area (Å²) in [6, 6.07) is 18.3. The van der Waals surface area contributed by atoms with Gasteiger partial charge in [0, 0.05) is 10.6 Å². The Morgan fingerprint density at radius 1 is 1.26 bits per heavy atom. The first kappa shape index (κ1) is 18.6. The smallest absolute Gasteiger partial charge is 0.340 e. The molecule has 1 aliphatic heterocycles. The third-order valence-corrected chi connectivity index (χ3v) is 4.37. The number of halogens is 1. The molecule has 1 heterocycles. The van der Waals surface area contributed by atoms with Crippen LogP contribution in [0.3, 0.4) is 0 Å². The van der Waals surface area contributed by atoms with Gasteiger partial charge in [-0.2, -0.15) is 5.26 Å². The molecule has 1 aliphatic rings. The molecule has 0 saturated carbocycles. The molecule has 2 aromatic rings. The van der Waals surface area contributed by atoms with Crippen LogP contribution in [-0.4, -0.2) is 12.6 Å². The van der Waals surface area contributed by atoms with Crippen molar-refractivity contribution >= 4 is 23.3 Å². The Hall–Kier alpha value is -3.23. The number of nitrogens with zero attached hydrogens (tertiary/aromatic N) is 1. The van der Waals surface area contributed by atoms with Crippen LogP contribution in [0.15, 0.2) is 71.6 Å². The van der Waals surface area contributed by atoms with E-state index in [4.69, 9.17) is 26.8 Å². The zero-order valence-corrected chi connectivity index (χ0v) is 15.4. The minimum absolute atomic E-state index is 0.0868. The van der Waals surface area contributed by atoms with Crippen molar-refractivity contribution < 1.29 is 14.3 Å². The highest BCUT2D eigenvalue weighted by atomic mass is 35.5. The highest BCUT2D eigenvalue weighted by Gasteiger charge is 2.38. The molecule has 0 spiro atoms. The standard InChI is InChI=1S/C21H17ClN2O3/c1-2-26-21(25)18-17(14-9-6-10-15(22)11-14)16(12-23)19(27-20(18)24)13-7-4-3-5-8-13/h3-11,17H,2,24H2,1H3/t17-/m0/s1. The van der Waals surface area contributed by atoms with Gasteiger partial charge in [-0.05, 0) is 24.6 Å². The molecule has 0 saturated heterocycles. The van der Waals surface area contributed by atoms with Crippen molar-refractivity contribution in [3.05, 3.63) is 87.8 Å². The molecule has 0 bridgehead atoms. The minimum Gasteiger partial charge on any atom is -0.462 e. The fraction of sp³-hybridized carbons (Fsp3) is 0.143. The summed E-state index contributed by atoms with van der Waals surface area (Å²) in [6.45, 7) is 1.87. The molecule has 6 heteroatoms. The molecule has 0 radical (unpaired) electrons. The van der Waals surface area contributed by atoms with Gasteiger partial charge in [0.1, 0.15) is 5.57 Å². The minimum atomic E-state index is -0.739. The van der Waals surface area contributed by atoms with Gasteiger partial charge < -0.3 is 15.2 Å². The Morgan fingerprint density at radius 3 is 2.63 bits per heavy atom. The zero-order chi connectivity index (χ0) is 19.4. The Balaban J connectivity index is 2.24. The van der Waals surface area contributed by atoms with E-state index in [1.54, 1.807) is 31.2 Å². The van der Waals surface area contributed by atoms with E-state index in [9.17, 15) is 10.1 Å². The molecular formula is C21H17ClN2O3. The molecule has 2 N–H and O–H groups in total. The van der Waals surface area contributed by atoms with Crippen molar-refractivity contribution in [1.29, 1.82) is 5.26 Å². The van der Waals surface area contributed by atoms with Crippen LogP contribution in [0.25, 0.3) is 5.76 Å². The van der Waals surface area contributed by atoms with Gasteiger partial charge in [-0.3, -0.25) is 0 Å². The fourth-order valence-electron chi connectivity index (χ4n) is 3.00. The van der Waals surface area contributed by atoms with Crippen LogP contribution >= 0.6 is 11.6 Å². The van der Waals surface area contributed by atoms with E-state index in [2.05, 4.69) is 6.07 Å². The summed E-state index contributed by atoms with van der Waals surface area (Å²) in [7, 11) is 0. The third-order valence-electron chi connectivity index (χ3n) is 4.13. The van der Waals surface area contributed by atoms with Gasteiger partial charge >= 0.3 is 5.97 Å². The maximum Gasteiger partial charge on any atom is 0.340 e. The molecule has 0 unspecified atom stereocenters. The second-order valence-corrected chi connectivity index (χ2v) is 6.25. The van der Waals surface area contributed by atoms with Gasteiger partial charge in [0.15, 0.2) is 5.76 Å². The molecular weight excluding hydrogens is 364 g/mol. The molecule has 27 heavy (non-hydrogen) atoms. The van der Waals surface area contributed by atoms with E-state index in [0.717, 1.165) is 0 Å². The number of esters is 1. The third kappa shape index (κ3) is 3.67. The largest absolute Gasteiger partial charge is 0.462 e. The number of benzene rings is 2. The SMILES string of the molecule is CCOC(=O)C1=C(N)OC(c2ccccc2)=C(C#N)[C@@H]1c1cccc(Cl)c1. The maximum atomic E-state index is 12.6. The predicted molar refractivity (Wildman–Crippen MR) is 102 cm³/mol. The number of hydrogen-bond donors (Lipinski definition) is 1. The molecule has 2 aromatic carbocycles. The summed E-state index contributed by atoms with van der Waals surface area (Å²) in [5.41, 5.74) is 7.80. The van der Waals surface area contributed by atoms with Gasteiger partial charge in [-0.15, -0.1) is 0 Å². The van der Waals surface area contributed by atoms with E-state index < -0.39 is 11.9 Å². The van der Waals surface area contributed by atoms with Crippen molar-refractivity contribution in [2.45, 2.75) is 12.8 Å². The molecule has 5 nitrogen and oxygen atoms in total. The average Bonchev–Trinajstić information content (AvgIpc) is 2.68. The normalized spacial score (nSPS) is 16.6. The summed E-state index contributed by atoms with van der Waals surface area (Å²) in [4.78, 5) is 12.6. The molecule has 0 fully saturated rings. The van der Waals surface area contributed by atoms with E-state index in [-0.39, 0.29) is 23.6 Å². The number of hydrogen-bond acceptors (Lipinski definition) is 5. The van der Waals surface area contributed by atoms with Crippen molar-refractivity contribution in [3.8, 4) is 6.07 Å². The maximum absolute atomic E-state index is 12.6. The topological polar surface area (TPSA) is 85.3 Å². The van der Waals surface area contributed by atoms with Crippen LogP contribution in [0.4, 0.5) is 0 Å². The zero-order valence-electron chi connectivity index (χ0n) is 14.6. The Bertz CT molecular complexity index is 974. The van der Waals surface area contributed by atoms with Crippen molar-refractivity contribution in [3.63, 3.8) is 0 Å². The van der Waals surface area contributed by atoms with E-state index in [0.29, 0.717) is 21.9 Å². The molecule has 3 rings (SSSR count). The van der Waals surface area contributed by atoms with Gasteiger partial charge in [0.2, 0.25) is 5.88 Å². The van der Waals surface area contributed by atoms with Crippen LogP contribution in [-0.2, 0) is 14.3 Å². The van der Waals surface area contributed by atoms with Gasteiger partial charge in [-0.25, -0.2) is 4.79 Å². The summed E-state index contributed by atoms with van der Waals surface area (Å²) in [5, 5.41) is 10.4. The van der Waals surface area contributed by atoms with Gasteiger partial charge in [0.25, 0.3) is 0 Å². The lowest BCUT2D eigenvalue weighted by Crippen LogP contribution is -2.26. The lowest BCUT2D eigenvalue weighted by molar-refractivity contribution is -0.139. The monoisotopic (exact) mass is 380 g/mol. The Kier molecular flexibility index (Phi) is 5.49. The van der Waals surface area contributed by atoms with Crippen LogP contribution in [0, 0.1) is 11.3 Å². The van der Waals surface area contributed by atoms with Crippen LogP contribution in [0.1, 0.15) is 24.0 Å². The van der Waals surface area contributed by atoms with Crippen LogP contribution in [0.5, 0.6) is 0 Å². The van der Waals surface area contributed by atoms with E-state index in [1.807, 2.05) is 30.3 Å². The summed E-state index contributed by atoms with van der Waals surface area (Å²) in [5.74, 6) is -1.14. The summed E-state index contributed by atoms with van der Waals surface area (Å²) in [6.07, 6.45) is 0. The fourth-order valence-corrected chi connectivity index (χ4v) is 3.20. The van der Waals surface area contributed by atoms with Gasteiger partial charge in [0.05, 0.1) is 24.2 Å². The molecule has 0 aromatic heterocycles. The Labute approximate surface area is 162 Å². The number of nitriles is 1. The van der Waals surface area contributed by atoms with Crippen molar-refractivity contribution in [2.75, 3.05) is 6.61 Å². The first-order valence-corrected chi connectivity index (χ1v) is 8.74. The quantitative estimate of drug-likeness (QED) is 0.806. The number of carbonyl (C=O) groups excluding carboxylic acids is 1. The first-order chi connectivity index (χ1) is 13.1. The summed E-state index contributed by atoms with van der Waals surface area (Å²) < 4.78 is 10.9. The lowest BCUT2D eigenvalue weighted by atomic mass is 9.82. The molecule has 1 atom stereocenters. The number of nitrogens with two attached hydrogens (primary N) is 1. The molecule has 136 valence electrons. The number of rotatable bonds is 4. The summed E-state index contributed by atoms with van der Waals surface area (Å²) >= 11 is 6.14. The number of carbonyl (C=O) groups is 1. The van der Waals surface area contributed by atoms with E-state index >= 15 is 0 Å². The van der Waals surface area contributed by atoms with Gasteiger partial charge in [-0.1, -0.05) is 54.1 Å². The van der Waals surface area contributed by atoms with Crippen LogP contribution in [0.2, 0.25) is 5.02 Å². The average molecular weight is 381 g/mol. The van der Waals surface area contributed by atoms with Crippen molar-refractivity contribution in [1.82, 2.24) is 0 Å². The highest BCUT2D eigenvalue weighted by molar-refractivity contribution is 6.30. The lowest BCUT2D eigenvalue weighted by Gasteiger charge is -2.28. The molecule has 0 aliphatic carbocycles. The van der Waals surface area contributed by atoms with Crippen molar-refractivity contribution in [2.24, 2.45) is 5.73 Å². The molecule has 0 amide bonds. The first-order valence-electron chi connectivity index (χ1n) is 8.36. The second kappa shape index (κ2) is 7.98. The highest BCUT2D eigenvalue weighted by Crippen LogP contribution is 2.43. The second-order valence-electron chi connectivity index (χ2n) is 5.81. The van der Waals surface area contributed by atoms with Crippen LogP contribution < -0.4 is 5.73 Å². The number of ether oxygens (including phenoxy) is 2. The predicted octanol–water partition coefficient (Wildman–Crippen LogP) is 4.12. The van der Waals surface area contributed by atoms with E-state index in [1.165, 1.54) is 0 Å². The number of allylic oxidation sites excluding steroid dienone is 1.